The highest BCUT2D eigenvalue weighted by atomic mass is 16.4. The van der Waals surface area contributed by atoms with Crippen LogP contribution in [0.3, 0.4) is 0 Å². The van der Waals surface area contributed by atoms with Gasteiger partial charge in [0.15, 0.2) is 0 Å². The molecule has 1 aromatic heterocycles. The van der Waals surface area contributed by atoms with E-state index in [0.717, 1.165) is 5.56 Å². The van der Waals surface area contributed by atoms with Crippen molar-refractivity contribution in [2.24, 2.45) is 5.10 Å². The van der Waals surface area contributed by atoms with Gasteiger partial charge in [-0.1, -0.05) is 18.2 Å². The van der Waals surface area contributed by atoms with E-state index in [2.05, 4.69) is 20.8 Å². The van der Waals surface area contributed by atoms with Gasteiger partial charge in [-0.2, -0.15) is 5.10 Å². The van der Waals surface area contributed by atoms with E-state index in [1.165, 1.54) is 30.5 Å². The number of benzene rings is 1. The van der Waals surface area contributed by atoms with E-state index in [4.69, 9.17) is 5.11 Å². The van der Waals surface area contributed by atoms with Crippen molar-refractivity contribution in [2.45, 2.75) is 6.54 Å². The molecule has 0 spiro atoms. The standard InChI is InChI=1S/C16H14N4O4/c21-14(18-9-12-2-1-7-17-8-12)15(22)20-19-10-11-3-5-13(6-4-11)16(23)24/h1-8,10H,9H2,(H,18,21)(H,20,22)(H,23,24). The zero-order valence-electron chi connectivity index (χ0n) is 12.5. The lowest BCUT2D eigenvalue weighted by molar-refractivity contribution is -0.139. The second kappa shape index (κ2) is 8.18. The lowest BCUT2D eigenvalue weighted by Gasteiger charge is -2.03. The van der Waals surface area contributed by atoms with Crippen molar-refractivity contribution in [3.05, 3.63) is 65.5 Å². The maximum Gasteiger partial charge on any atom is 0.335 e. The Kier molecular flexibility index (Phi) is 5.73. The highest BCUT2D eigenvalue weighted by molar-refractivity contribution is 6.35. The number of carbonyl (C=O) groups excluding carboxylic acids is 2. The molecule has 8 nitrogen and oxygen atoms in total. The van der Waals surface area contributed by atoms with Crippen molar-refractivity contribution in [1.82, 2.24) is 15.7 Å². The van der Waals surface area contributed by atoms with E-state index in [-0.39, 0.29) is 12.1 Å². The molecule has 0 saturated carbocycles. The number of nitrogens with one attached hydrogen (secondary N) is 2. The highest BCUT2D eigenvalue weighted by Gasteiger charge is 2.11. The van der Waals surface area contributed by atoms with Crippen LogP contribution in [0.2, 0.25) is 0 Å². The van der Waals surface area contributed by atoms with Crippen molar-refractivity contribution >= 4 is 24.0 Å². The Bertz CT molecular complexity index is 757. The van der Waals surface area contributed by atoms with Gasteiger partial charge in [-0.25, -0.2) is 10.2 Å². The number of nitrogens with zero attached hydrogens (tertiary/aromatic N) is 2. The molecule has 0 saturated heterocycles. The van der Waals surface area contributed by atoms with Crippen molar-refractivity contribution in [3.63, 3.8) is 0 Å². The number of aromatic carboxylic acids is 1. The Hall–Kier alpha value is -3.55. The number of carbonyl (C=O) groups is 3. The van der Waals surface area contributed by atoms with Gasteiger partial charge in [0.05, 0.1) is 11.8 Å². The zero-order valence-corrected chi connectivity index (χ0v) is 12.5. The molecular weight excluding hydrogens is 312 g/mol. The molecule has 2 amide bonds. The third-order valence-corrected chi connectivity index (χ3v) is 2.92. The van der Waals surface area contributed by atoms with E-state index in [9.17, 15) is 14.4 Å². The molecule has 0 bridgehead atoms. The number of carboxylic acids is 1. The first-order valence-corrected chi connectivity index (χ1v) is 6.90. The quantitative estimate of drug-likeness (QED) is 0.421. The van der Waals surface area contributed by atoms with Gasteiger partial charge in [-0.3, -0.25) is 14.6 Å². The average molecular weight is 326 g/mol. The van der Waals surface area contributed by atoms with Crippen LogP contribution in [0.4, 0.5) is 0 Å². The second-order valence-corrected chi connectivity index (χ2v) is 4.67. The number of carboxylic acid groups (broad SMARTS) is 1. The zero-order chi connectivity index (χ0) is 17.4. The number of pyridine rings is 1. The van der Waals surface area contributed by atoms with Crippen LogP contribution in [0.5, 0.6) is 0 Å². The highest BCUT2D eigenvalue weighted by Crippen LogP contribution is 2.02. The summed E-state index contributed by atoms with van der Waals surface area (Å²) in [6.45, 7) is 0.181. The molecule has 3 N–H and O–H groups in total. The summed E-state index contributed by atoms with van der Waals surface area (Å²) in [6, 6.07) is 9.37. The molecule has 0 fully saturated rings. The summed E-state index contributed by atoms with van der Waals surface area (Å²) in [4.78, 5) is 37.8. The summed E-state index contributed by atoms with van der Waals surface area (Å²) in [5, 5.41) is 14.9. The fraction of sp³-hybridized carbons (Fsp3) is 0.0625. The summed E-state index contributed by atoms with van der Waals surface area (Å²) >= 11 is 0. The fourth-order valence-electron chi connectivity index (χ4n) is 1.69. The fourth-order valence-corrected chi connectivity index (χ4v) is 1.69. The number of hydrogen-bond acceptors (Lipinski definition) is 5. The van der Waals surface area contributed by atoms with E-state index in [1.54, 1.807) is 24.5 Å². The van der Waals surface area contributed by atoms with Gasteiger partial charge in [0.25, 0.3) is 0 Å². The van der Waals surface area contributed by atoms with Crippen LogP contribution in [-0.4, -0.2) is 34.1 Å². The topological polar surface area (TPSA) is 121 Å². The Labute approximate surface area is 137 Å². The van der Waals surface area contributed by atoms with Gasteiger partial charge in [0.1, 0.15) is 0 Å². The minimum Gasteiger partial charge on any atom is -0.478 e. The van der Waals surface area contributed by atoms with E-state index >= 15 is 0 Å². The summed E-state index contributed by atoms with van der Waals surface area (Å²) in [6.07, 6.45) is 4.49. The number of hydrazone groups is 1. The van der Waals surface area contributed by atoms with Gasteiger partial charge in [-0.15, -0.1) is 0 Å². The first-order valence-electron chi connectivity index (χ1n) is 6.90. The third kappa shape index (κ3) is 5.02. The molecule has 8 heteroatoms. The molecular formula is C16H14N4O4. The van der Waals surface area contributed by atoms with Crippen molar-refractivity contribution < 1.29 is 19.5 Å². The molecule has 0 aliphatic carbocycles. The minimum absolute atomic E-state index is 0.144. The average Bonchev–Trinajstić information content (AvgIpc) is 2.61. The van der Waals surface area contributed by atoms with Crippen molar-refractivity contribution in [2.75, 3.05) is 0 Å². The molecule has 0 unspecified atom stereocenters. The maximum absolute atomic E-state index is 11.6. The Morgan fingerprint density at radius 3 is 2.50 bits per heavy atom. The van der Waals surface area contributed by atoms with Crippen LogP contribution in [-0.2, 0) is 16.1 Å². The van der Waals surface area contributed by atoms with Gasteiger partial charge in [0.2, 0.25) is 0 Å². The number of rotatable bonds is 5. The normalized spacial score (nSPS) is 10.3. The molecule has 0 aliphatic rings. The van der Waals surface area contributed by atoms with E-state index in [0.29, 0.717) is 5.56 Å². The first-order chi connectivity index (χ1) is 11.6. The lowest BCUT2D eigenvalue weighted by Crippen LogP contribution is -2.37. The molecule has 0 radical (unpaired) electrons. The molecule has 122 valence electrons. The molecule has 1 heterocycles. The predicted molar refractivity (Wildman–Crippen MR) is 85.2 cm³/mol. The minimum atomic E-state index is -1.03. The summed E-state index contributed by atoms with van der Waals surface area (Å²) < 4.78 is 0. The first kappa shape index (κ1) is 16.8. The van der Waals surface area contributed by atoms with Gasteiger partial charge in [0, 0.05) is 18.9 Å². The van der Waals surface area contributed by atoms with Crippen molar-refractivity contribution in [1.29, 1.82) is 0 Å². The monoisotopic (exact) mass is 326 g/mol. The van der Waals surface area contributed by atoms with Crippen LogP contribution in [0, 0.1) is 0 Å². The van der Waals surface area contributed by atoms with Crippen molar-refractivity contribution in [3.8, 4) is 0 Å². The van der Waals surface area contributed by atoms with E-state index < -0.39 is 17.8 Å². The summed E-state index contributed by atoms with van der Waals surface area (Å²) in [7, 11) is 0. The number of aromatic nitrogens is 1. The van der Waals surface area contributed by atoms with Crippen LogP contribution in [0.15, 0.2) is 53.9 Å². The molecule has 0 atom stereocenters. The summed E-state index contributed by atoms with van der Waals surface area (Å²) in [5.41, 5.74) is 3.58. The third-order valence-electron chi connectivity index (χ3n) is 2.92. The second-order valence-electron chi connectivity index (χ2n) is 4.67. The molecule has 0 aliphatic heterocycles. The van der Waals surface area contributed by atoms with E-state index in [1.807, 2.05) is 0 Å². The Balaban J connectivity index is 1.81. The molecule has 2 aromatic rings. The molecule has 2 rings (SSSR count). The smallest absolute Gasteiger partial charge is 0.335 e. The number of hydrogen-bond donors (Lipinski definition) is 3. The molecule has 24 heavy (non-hydrogen) atoms. The van der Waals surface area contributed by atoms with Crippen LogP contribution in [0.1, 0.15) is 21.5 Å². The maximum atomic E-state index is 11.6. The van der Waals surface area contributed by atoms with Gasteiger partial charge >= 0.3 is 17.8 Å². The lowest BCUT2D eigenvalue weighted by atomic mass is 10.1. The SMILES string of the molecule is O=C(NCc1cccnc1)C(=O)NN=Cc1ccc(C(=O)O)cc1. The largest absolute Gasteiger partial charge is 0.478 e. The predicted octanol–water partition coefficient (Wildman–Crippen LogP) is 0.546. The number of amides is 2. The van der Waals surface area contributed by atoms with Gasteiger partial charge in [-0.05, 0) is 29.3 Å². The Morgan fingerprint density at radius 1 is 1.12 bits per heavy atom. The van der Waals surface area contributed by atoms with Crippen LogP contribution >= 0.6 is 0 Å². The van der Waals surface area contributed by atoms with Crippen LogP contribution < -0.4 is 10.7 Å². The molecule has 1 aromatic carbocycles. The van der Waals surface area contributed by atoms with Crippen LogP contribution in [0.25, 0.3) is 0 Å². The van der Waals surface area contributed by atoms with Gasteiger partial charge < -0.3 is 10.4 Å². The summed E-state index contributed by atoms with van der Waals surface area (Å²) in [5.74, 6) is -2.76. The Morgan fingerprint density at radius 2 is 1.88 bits per heavy atom.